The Morgan fingerprint density at radius 1 is 1.55 bits per heavy atom. The fourth-order valence-electron chi connectivity index (χ4n) is 2.71. The first kappa shape index (κ1) is 15.1. The molecule has 5 heteroatoms. The van der Waals surface area contributed by atoms with Gasteiger partial charge in [0.1, 0.15) is 5.75 Å². The first-order valence-electron chi connectivity index (χ1n) is 7.01. The molecule has 0 saturated carbocycles. The molecule has 110 valence electrons. The van der Waals surface area contributed by atoms with Crippen LogP contribution in [0, 0.1) is 0 Å². The van der Waals surface area contributed by atoms with E-state index in [9.17, 15) is 4.79 Å². The topological polar surface area (TPSA) is 41.6 Å². The van der Waals surface area contributed by atoms with Crippen molar-refractivity contribution in [2.45, 2.75) is 25.8 Å². The number of carbonyl (C=O) groups excluding carboxylic acids is 1. The molecule has 0 aliphatic carbocycles. The van der Waals surface area contributed by atoms with Crippen molar-refractivity contribution in [2.24, 2.45) is 0 Å². The van der Waals surface area contributed by atoms with E-state index in [4.69, 9.17) is 16.3 Å². The first-order valence-corrected chi connectivity index (χ1v) is 7.39. The summed E-state index contributed by atoms with van der Waals surface area (Å²) in [5.41, 5.74) is 0.487. The molecule has 1 amide bonds. The number of nitrogens with zero attached hydrogens (tertiary/aromatic N) is 1. The molecule has 1 fully saturated rings. The van der Waals surface area contributed by atoms with E-state index in [0.29, 0.717) is 28.9 Å². The van der Waals surface area contributed by atoms with E-state index in [0.717, 1.165) is 19.5 Å². The number of methoxy groups -OCH3 is 1. The van der Waals surface area contributed by atoms with Crippen LogP contribution in [0.2, 0.25) is 5.02 Å². The van der Waals surface area contributed by atoms with Crippen LogP contribution in [-0.2, 0) is 0 Å². The second-order valence-corrected chi connectivity index (χ2v) is 5.42. The van der Waals surface area contributed by atoms with Crippen molar-refractivity contribution in [3.63, 3.8) is 0 Å². The van der Waals surface area contributed by atoms with Gasteiger partial charge in [-0.05, 0) is 44.1 Å². The Morgan fingerprint density at radius 2 is 2.35 bits per heavy atom. The molecular formula is C15H21ClN2O2. The van der Waals surface area contributed by atoms with Gasteiger partial charge in [0.15, 0.2) is 0 Å². The molecule has 2 rings (SSSR count). The van der Waals surface area contributed by atoms with Crippen molar-refractivity contribution in [1.82, 2.24) is 10.2 Å². The summed E-state index contributed by atoms with van der Waals surface area (Å²) in [6, 6.07) is 5.51. The zero-order valence-electron chi connectivity index (χ0n) is 12.0. The third-order valence-corrected chi connectivity index (χ3v) is 4.04. The van der Waals surface area contributed by atoms with Gasteiger partial charge in [-0.1, -0.05) is 18.5 Å². The SMILES string of the molecule is CCN1CCC[C@H]1CNC(=O)c1cc(Cl)ccc1OC. The average molecular weight is 297 g/mol. The maximum absolute atomic E-state index is 12.3. The lowest BCUT2D eigenvalue weighted by atomic mass is 10.1. The Morgan fingerprint density at radius 3 is 3.05 bits per heavy atom. The molecule has 0 unspecified atom stereocenters. The highest BCUT2D eigenvalue weighted by atomic mass is 35.5. The van der Waals surface area contributed by atoms with E-state index >= 15 is 0 Å². The number of carbonyl (C=O) groups is 1. The van der Waals surface area contributed by atoms with E-state index in [1.54, 1.807) is 25.3 Å². The molecule has 1 aliphatic heterocycles. The van der Waals surface area contributed by atoms with E-state index in [1.165, 1.54) is 6.42 Å². The van der Waals surface area contributed by atoms with E-state index in [-0.39, 0.29) is 5.91 Å². The highest BCUT2D eigenvalue weighted by Crippen LogP contribution is 2.22. The number of hydrogen-bond acceptors (Lipinski definition) is 3. The minimum absolute atomic E-state index is 0.132. The van der Waals surface area contributed by atoms with Crippen LogP contribution in [-0.4, -0.2) is 43.6 Å². The summed E-state index contributed by atoms with van der Waals surface area (Å²) in [6.45, 7) is 4.97. The second kappa shape index (κ2) is 6.95. The Hall–Kier alpha value is -1.26. The van der Waals surface area contributed by atoms with Crippen LogP contribution in [0.25, 0.3) is 0 Å². The van der Waals surface area contributed by atoms with Crippen LogP contribution >= 0.6 is 11.6 Å². The van der Waals surface area contributed by atoms with Crippen molar-refractivity contribution in [3.05, 3.63) is 28.8 Å². The molecule has 1 N–H and O–H groups in total. The highest BCUT2D eigenvalue weighted by molar-refractivity contribution is 6.31. The van der Waals surface area contributed by atoms with Crippen LogP contribution in [0.1, 0.15) is 30.1 Å². The first-order chi connectivity index (χ1) is 9.65. The molecule has 0 bridgehead atoms. The molecule has 20 heavy (non-hydrogen) atoms. The normalized spacial score (nSPS) is 19.1. The lowest BCUT2D eigenvalue weighted by Gasteiger charge is -2.23. The van der Waals surface area contributed by atoms with Gasteiger partial charge in [0.2, 0.25) is 0 Å². The zero-order valence-corrected chi connectivity index (χ0v) is 12.7. The maximum Gasteiger partial charge on any atom is 0.255 e. The molecule has 1 saturated heterocycles. The van der Waals surface area contributed by atoms with Gasteiger partial charge >= 0.3 is 0 Å². The Balaban J connectivity index is 2.00. The van der Waals surface area contributed by atoms with Gasteiger partial charge in [0.25, 0.3) is 5.91 Å². The summed E-state index contributed by atoms with van der Waals surface area (Å²) in [4.78, 5) is 14.7. The van der Waals surface area contributed by atoms with Crippen LogP contribution in [0.15, 0.2) is 18.2 Å². The molecular weight excluding hydrogens is 276 g/mol. The number of hydrogen-bond donors (Lipinski definition) is 1. The number of rotatable bonds is 5. The van der Waals surface area contributed by atoms with Crippen LogP contribution < -0.4 is 10.1 Å². The predicted octanol–water partition coefficient (Wildman–Crippen LogP) is 2.56. The molecule has 1 aromatic rings. The molecule has 0 aromatic heterocycles. The lowest BCUT2D eigenvalue weighted by Crippen LogP contribution is -2.40. The van der Waals surface area contributed by atoms with Crippen LogP contribution in [0.3, 0.4) is 0 Å². The molecule has 1 aromatic carbocycles. The van der Waals surface area contributed by atoms with Gasteiger partial charge in [-0.15, -0.1) is 0 Å². The average Bonchev–Trinajstić information content (AvgIpc) is 2.92. The number of ether oxygens (including phenoxy) is 1. The quantitative estimate of drug-likeness (QED) is 0.908. The van der Waals surface area contributed by atoms with E-state index in [2.05, 4.69) is 17.1 Å². The highest BCUT2D eigenvalue weighted by Gasteiger charge is 2.23. The van der Waals surface area contributed by atoms with E-state index < -0.39 is 0 Å². The minimum atomic E-state index is -0.132. The summed E-state index contributed by atoms with van der Waals surface area (Å²) in [7, 11) is 1.55. The smallest absolute Gasteiger partial charge is 0.255 e. The largest absolute Gasteiger partial charge is 0.496 e. The van der Waals surface area contributed by atoms with Gasteiger partial charge in [-0.3, -0.25) is 9.69 Å². The standard InChI is InChI=1S/C15H21ClN2O2/c1-3-18-8-4-5-12(18)10-17-15(19)13-9-11(16)6-7-14(13)20-2/h6-7,9,12H,3-5,8,10H2,1-2H3,(H,17,19)/t12-/m0/s1. The van der Waals surface area contributed by atoms with E-state index in [1.807, 2.05) is 0 Å². The van der Waals surface area contributed by atoms with Gasteiger partial charge in [0, 0.05) is 17.6 Å². The zero-order chi connectivity index (χ0) is 14.5. The Labute approximate surface area is 125 Å². The Bertz CT molecular complexity index is 479. The monoisotopic (exact) mass is 296 g/mol. The van der Waals surface area contributed by atoms with Crippen molar-refractivity contribution in [2.75, 3.05) is 26.7 Å². The second-order valence-electron chi connectivity index (χ2n) is 4.98. The molecule has 0 spiro atoms. The minimum Gasteiger partial charge on any atom is -0.496 e. The van der Waals surface area contributed by atoms with Crippen molar-refractivity contribution < 1.29 is 9.53 Å². The number of halogens is 1. The molecule has 4 nitrogen and oxygen atoms in total. The molecule has 1 aliphatic rings. The van der Waals surface area contributed by atoms with Gasteiger partial charge in [-0.25, -0.2) is 0 Å². The van der Waals surface area contributed by atoms with Crippen molar-refractivity contribution >= 4 is 17.5 Å². The number of likely N-dealkylation sites (N-methyl/N-ethyl adjacent to an activating group) is 1. The summed E-state index contributed by atoms with van der Waals surface area (Å²) in [5.74, 6) is 0.415. The van der Waals surface area contributed by atoms with Crippen LogP contribution in [0.4, 0.5) is 0 Å². The summed E-state index contributed by atoms with van der Waals surface area (Å²) in [5, 5.41) is 3.52. The molecule has 0 radical (unpaired) electrons. The van der Waals surface area contributed by atoms with Gasteiger partial charge < -0.3 is 10.1 Å². The van der Waals surface area contributed by atoms with Gasteiger partial charge in [-0.2, -0.15) is 0 Å². The Kier molecular flexibility index (Phi) is 5.26. The number of likely N-dealkylation sites (tertiary alicyclic amines) is 1. The fourth-order valence-corrected chi connectivity index (χ4v) is 2.88. The molecule has 1 atom stereocenters. The number of nitrogens with one attached hydrogen (secondary N) is 1. The van der Waals surface area contributed by atoms with Crippen molar-refractivity contribution in [1.29, 1.82) is 0 Å². The fraction of sp³-hybridized carbons (Fsp3) is 0.533. The molecule has 1 heterocycles. The third-order valence-electron chi connectivity index (χ3n) is 3.81. The van der Waals surface area contributed by atoms with Gasteiger partial charge in [0.05, 0.1) is 12.7 Å². The summed E-state index contributed by atoms with van der Waals surface area (Å²) >= 11 is 5.95. The lowest BCUT2D eigenvalue weighted by molar-refractivity contribution is 0.0938. The summed E-state index contributed by atoms with van der Waals surface area (Å²) < 4.78 is 5.21. The predicted molar refractivity (Wildman–Crippen MR) is 80.6 cm³/mol. The van der Waals surface area contributed by atoms with Crippen molar-refractivity contribution in [3.8, 4) is 5.75 Å². The number of amides is 1. The number of benzene rings is 1. The third kappa shape index (κ3) is 3.44. The summed E-state index contributed by atoms with van der Waals surface area (Å²) in [6.07, 6.45) is 2.34. The van der Waals surface area contributed by atoms with Crippen LogP contribution in [0.5, 0.6) is 5.75 Å². The maximum atomic E-state index is 12.3.